The van der Waals surface area contributed by atoms with E-state index in [4.69, 9.17) is 4.74 Å². The molecule has 0 saturated heterocycles. The van der Waals surface area contributed by atoms with Gasteiger partial charge in [0.2, 0.25) is 5.91 Å². The molecular formula is C24H27N3O3S. The molecule has 1 amide bonds. The van der Waals surface area contributed by atoms with Crippen molar-refractivity contribution < 1.29 is 14.3 Å². The molecule has 162 valence electrons. The standard InChI is InChI=1S/C24H27N3O3S/c1-17(12-13-18-8-4-3-5-9-18)25-22(28)16-31-23-14-19(15-24(29)30-2)26-20-10-6-7-11-21(20)27-23/h3-11,14,17,26H,12-13,15-16H2,1-2H3,(H,25,28)/t17-/m1/s1. The van der Waals surface area contributed by atoms with E-state index in [0.29, 0.717) is 10.7 Å². The number of fused-ring (bicyclic) bond motifs is 1. The summed E-state index contributed by atoms with van der Waals surface area (Å²) in [6.07, 6.45) is 3.70. The fourth-order valence-electron chi connectivity index (χ4n) is 3.14. The summed E-state index contributed by atoms with van der Waals surface area (Å²) in [5.74, 6) is -0.132. The summed E-state index contributed by atoms with van der Waals surface area (Å²) in [6.45, 7) is 2.02. The maximum atomic E-state index is 12.4. The van der Waals surface area contributed by atoms with Crippen molar-refractivity contribution in [3.63, 3.8) is 0 Å². The number of aliphatic imine (C=N–C) groups is 1. The lowest BCUT2D eigenvalue weighted by molar-refractivity contribution is -0.139. The van der Waals surface area contributed by atoms with Gasteiger partial charge in [-0.25, -0.2) is 4.99 Å². The van der Waals surface area contributed by atoms with Crippen molar-refractivity contribution in [2.45, 2.75) is 32.2 Å². The molecule has 7 heteroatoms. The van der Waals surface area contributed by atoms with Crippen LogP contribution in [0.3, 0.4) is 0 Å². The van der Waals surface area contributed by atoms with Gasteiger partial charge >= 0.3 is 5.97 Å². The number of esters is 1. The smallest absolute Gasteiger partial charge is 0.311 e. The van der Waals surface area contributed by atoms with Gasteiger partial charge in [-0.15, -0.1) is 0 Å². The van der Waals surface area contributed by atoms with Gasteiger partial charge in [-0.1, -0.05) is 54.2 Å². The molecule has 0 aliphatic carbocycles. The lowest BCUT2D eigenvalue weighted by Gasteiger charge is -2.14. The van der Waals surface area contributed by atoms with Gasteiger partial charge in [0.05, 0.1) is 35.7 Å². The highest BCUT2D eigenvalue weighted by Crippen LogP contribution is 2.31. The summed E-state index contributed by atoms with van der Waals surface area (Å²) < 4.78 is 4.78. The number of ether oxygens (including phenoxy) is 1. The number of nitrogens with one attached hydrogen (secondary N) is 2. The number of amides is 1. The van der Waals surface area contributed by atoms with E-state index in [9.17, 15) is 9.59 Å². The van der Waals surface area contributed by atoms with Gasteiger partial charge in [-0.3, -0.25) is 9.59 Å². The third kappa shape index (κ3) is 7.29. The number of nitrogens with zero attached hydrogens (tertiary/aromatic N) is 1. The Labute approximate surface area is 187 Å². The van der Waals surface area contributed by atoms with Crippen LogP contribution in [0, 0.1) is 0 Å². The van der Waals surface area contributed by atoms with Gasteiger partial charge in [-0.2, -0.15) is 0 Å². The summed E-state index contributed by atoms with van der Waals surface area (Å²) in [7, 11) is 1.36. The van der Waals surface area contributed by atoms with Gasteiger partial charge < -0.3 is 15.4 Å². The van der Waals surface area contributed by atoms with Gasteiger partial charge in [0.25, 0.3) is 0 Å². The number of para-hydroxylation sites is 2. The lowest BCUT2D eigenvalue weighted by atomic mass is 10.1. The Morgan fingerprint density at radius 3 is 2.65 bits per heavy atom. The molecule has 2 N–H and O–H groups in total. The van der Waals surface area contributed by atoms with Gasteiger partial charge in [0.15, 0.2) is 0 Å². The minimum Gasteiger partial charge on any atom is -0.469 e. The number of anilines is 1. The van der Waals surface area contributed by atoms with E-state index in [1.807, 2.05) is 49.4 Å². The van der Waals surface area contributed by atoms with E-state index in [-0.39, 0.29) is 30.1 Å². The topological polar surface area (TPSA) is 79.8 Å². The second kappa shape index (κ2) is 11.4. The van der Waals surface area contributed by atoms with Crippen LogP contribution in [0.15, 0.2) is 71.4 Å². The minimum atomic E-state index is -0.340. The fraction of sp³-hybridized carbons (Fsp3) is 0.292. The number of thioether (sulfide) groups is 1. The molecular weight excluding hydrogens is 410 g/mol. The predicted octanol–water partition coefficient (Wildman–Crippen LogP) is 4.46. The van der Waals surface area contributed by atoms with Crippen molar-refractivity contribution in [2.24, 2.45) is 4.99 Å². The molecule has 6 nitrogen and oxygen atoms in total. The van der Waals surface area contributed by atoms with Gasteiger partial charge in [0.1, 0.15) is 0 Å². The first-order valence-electron chi connectivity index (χ1n) is 10.2. The largest absolute Gasteiger partial charge is 0.469 e. The summed E-state index contributed by atoms with van der Waals surface area (Å²) in [5.41, 5.74) is 3.52. The number of methoxy groups -OCH3 is 1. The van der Waals surface area contributed by atoms with E-state index >= 15 is 0 Å². The third-order valence-electron chi connectivity index (χ3n) is 4.76. The molecule has 31 heavy (non-hydrogen) atoms. The van der Waals surface area contributed by atoms with Crippen LogP contribution < -0.4 is 10.6 Å². The van der Waals surface area contributed by atoms with Crippen LogP contribution in [-0.4, -0.2) is 35.8 Å². The van der Waals surface area contributed by atoms with Crippen LogP contribution in [-0.2, 0) is 20.7 Å². The molecule has 1 aliphatic heterocycles. The van der Waals surface area contributed by atoms with Gasteiger partial charge in [0, 0.05) is 11.7 Å². The Morgan fingerprint density at radius 1 is 1.13 bits per heavy atom. The number of carbonyl (C=O) groups is 2. The molecule has 3 rings (SSSR count). The molecule has 2 aromatic rings. The first kappa shape index (κ1) is 22.6. The molecule has 0 aromatic heterocycles. The fourth-order valence-corrected chi connectivity index (χ4v) is 3.89. The Bertz CT molecular complexity index is 973. The Balaban J connectivity index is 1.57. The monoisotopic (exact) mass is 437 g/mol. The average molecular weight is 438 g/mol. The van der Waals surface area contributed by atoms with Crippen molar-refractivity contribution in [1.29, 1.82) is 0 Å². The van der Waals surface area contributed by atoms with Crippen LogP contribution in [0.4, 0.5) is 11.4 Å². The maximum absolute atomic E-state index is 12.4. The Morgan fingerprint density at radius 2 is 1.87 bits per heavy atom. The van der Waals surface area contributed by atoms with Crippen molar-refractivity contribution in [2.75, 3.05) is 18.2 Å². The van der Waals surface area contributed by atoms with E-state index < -0.39 is 0 Å². The molecule has 0 unspecified atom stereocenters. The van der Waals surface area contributed by atoms with Crippen molar-refractivity contribution >= 4 is 40.1 Å². The first-order chi connectivity index (χ1) is 15.0. The van der Waals surface area contributed by atoms with Crippen molar-refractivity contribution in [3.05, 3.63) is 71.9 Å². The normalized spacial score (nSPS) is 13.6. The molecule has 0 spiro atoms. The lowest BCUT2D eigenvalue weighted by Crippen LogP contribution is -2.34. The molecule has 1 atom stereocenters. The van der Waals surface area contributed by atoms with Crippen LogP contribution in [0.25, 0.3) is 0 Å². The highest BCUT2D eigenvalue weighted by Gasteiger charge is 2.16. The Kier molecular flexibility index (Phi) is 8.29. The second-order valence-electron chi connectivity index (χ2n) is 7.30. The minimum absolute atomic E-state index is 0.0401. The van der Waals surface area contributed by atoms with E-state index in [2.05, 4.69) is 27.8 Å². The van der Waals surface area contributed by atoms with Crippen molar-refractivity contribution in [1.82, 2.24) is 5.32 Å². The second-order valence-corrected chi connectivity index (χ2v) is 8.29. The quantitative estimate of drug-likeness (QED) is 0.596. The molecule has 0 radical (unpaired) electrons. The van der Waals surface area contributed by atoms with Crippen molar-refractivity contribution in [3.8, 4) is 0 Å². The average Bonchev–Trinajstić information content (AvgIpc) is 2.95. The highest BCUT2D eigenvalue weighted by atomic mass is 32.2. The van der Waals surface area contributed by atoms with Crippen LogP contribution in [0.2, 0.25) is 0 Å². The molecule has 0 saturated carbocycles. The summed E-state index contributed by atoms with van der Waals surface area (Å²) in [5, 5.41) is 6.96. The van der Waals surface area contributed by atoms with E-state index in [1.165, 1.54) is 24.4 Å². The highest BCUT2D eigenvalue weighted by molar-refractivity contribution is 8.14. The summed E-state index contributed by atoms with van der Waals surface area (Å²) in [4.78, 5) is 28.9. The first-order valence-corrected chi connectivity index (χ1v) is 11.2. The van der Waals surface area contributed by atoms with Crippen LogP contribution in [0.5, 0.6) is 0 Å². The number of rotatable bonds is 8. The number of benzene rings is 2. The zero-order valence-electron chi connectivity index (χ0n) is 17.8. The number of aryl methyl sites for hydroxylation is 1. The SMILES string of the molecule is COC(=O)CC1=CC(SCC(=O)N[C@H](C)CCc2ccccc2)=Nc2ccccc2N1. The molecule has 2 aromatic carbocycles. The number of hydrogen-bond donors (Lipinski definition) is 2. The zero-order valence-corrected chi connectivity index (χ0v) is 18.6. The molecule has 0 fully saturated rings. The molecule has 0 bridgehead atoms. The van der Waals surface area contributed by atoms with Crippen LogP contribution >= 0.6 is 11.8 Å². The summed E-state index contributed by atoms with van der Waals surface area (Å²) in [6, 6.07) is 17.9. The summed E-state index contributed by atoms with van der Waals surface area (Å²) >= 11 is 1.35. The van der Waals surface area contributed by atoms with E-state index in [0.717, 1.165) is 24.2 Å². The molecule has 1 heterocycles. The van der Waals surface area contributed by atoms with E-state index in [1.54, 1.807) is 6.08 Å². The number of carbonyl (C=O) groups excluding carboxylic acids is 2. The van der Waals surface area contributed by atoms with Gasteiger partial charge in [-0.05, 0) is 43.5 Å². The Hall–Kier alpha value is -3.06. The third-order valence-corrected chi connectivity index (χ3v) is 5.67. The number of hydrogen-bond acceptors (Lipinski definition) is 6. The predicted molar refractivity (Wildman–Crippen MR) is 127 cm³/mol. The zero-order chi connectivity index (χ0) is 22.1. The maximum Gasteiger partial charge on any atom is 0.311 e. The van der Waals surface area contributed by atoms with Crippen LogP contribution in [0.1, 0.15) is 25.3 Å². The molecule has 1 aliphatic rings.